The van der Waals surface area contributed by atoms with E-state index in [1.165, 1.54) is 0 Å². The number of para-hydroxylation sites is 1. The Morgan fingerprint density at radius 1 is 1.21 bits per heavy atom. The van der Waals surface area contributed by atoms with E-state index in [1.807, 2.05) is 29.2 Å². The van der Waals surface area contributed by atoms with E-state index in [-0.39, 0.29) is 43.3 Å². The van der Waals surface area contributed by atoms with Crippen molar-refractivity contribution in [2.45, 2.75) is 62.8 Å². The molecule has 1 aromatic carbocycles. The van der Waals surface area contributed by atoms with Crippen LogP contribution in [0.5, 0.6) is 5.75 Å². The summed E-state index contributed by atoms with van der Waals surface area (Å²) in [6.07, 6.45) is 4.65. The van der Waals surface area contributed by atoms with Crippen LogP contribution in [0.15, 0.2) is 35.9 Å². The lowest BCUT2D eigenvalue weighted by atomic mass is 9.86. The molecule has 0 bridgehead atoms. The number of hydrogen-bond acceptors (Lipinski definition) is 6. The van der Waals surface area contributed by atoms with Gasteiger partial charge in [0.2, 0.25) is 11.8 Å². The van der Waals surface area contributed by atoms with Gasteiger partial charge in [0.25, 0.3) is 0 Å². The van der Waals surface area contributed by atoms with Crippen LogP contribution in [0.2, 0.25) is 0 Å². The van der Waals surface area contributed by atoms with Gasteiger partial charge < -0.3 is 29.9 Å². The van der Waals surface area contributed by atoms with Crippen LogP contribution in [0.3, 0.4) is 0 Å². The molecule has 2 fully saturated rings. The monoisotopic (exact) mass is 584 g/mol. The van der Waals surface area contributed by atoms with Gasteiger partial charge in [0.1, 0.15) is 18.0 Å². The van der Waals surface area contributed by atoms with E-state index in [0.717, 1.165) is 29.3 Å². The van der Waals surface area contributed by atoms with E-state index in [0.29, 0.717) is 31.0 Å². The zero-order valence-electron chi connectivity index (χ0n) is 19.2. The topological polar surface area (TPSA) is 108 Å². The Hall–Kier alpha value is -1.69. The predicted octanol–water partition coefficient (Wildman–Crippen LogP) is 2.01. The molecular formula is C25H33IN2O6. The SMILES string of the molecule is O=C(NCCO)C1=C[C@H](Oc2ccccc2I)[C@@H](O)[C@H](N(C(=O)C2CCOC2)C2CCCC2)C1. The molecule has 0 radical (unpaired) electrons. The standard InChI is InChI=1S/C25H33IN2O6/c26-19-7-3-4-8-21(19)34-22-14-17(24(31)27-10-11-29)13-20(23(22)30)28(18-5-1-2-6-18)25(32)16-9-12-33-15-16/h3-4,7-8,14,16,18,20,22-23,29-30H,1-2,5-6,9-13,15H2,(H,27,31)/t16?,20-,22+,23+/m1/s1. The summed E-state index contributed by atoms with van der Waals surface area (Å²) in [7, 11) is 0. The van der Waals surface area contributed by atoms with Crippen molar-refractivity contribution in [2.75, 3.05) is 26.4 Å². The highest BCUT2D eigenvalue weighted by molar-refractivity contribution is 14.1. The van der Waals surface area contributed by atoms with Gasteiger partial charge in [0.15, 0.2) is 0 Å². The predicted molar refractivity (Wildman–Crippen MR) is 134 cm³/mol. The van der Waals surface area contributed by atoms with Crippen molar-refractivity contribution < 1.29 is 29.3 Å². The molecule has 3 aliphatic rings. The van der Waals surface area contributed by atoms with Crippen molar-refractivity contribution in [1.82, 2.24) is 10.2 Å². The third kappa shape index (κ3) is 5.75. The first-order chi connectivity index (χ1) is 16.5. The summed E-state index contributed by atoms with van der Waals surface area (Å²) in [5, 5.41) is 23.4. The van der Waals surface area contributed by atoms with Crippen molar-refractivity contribution in [1.29, 1.82) is 0 Å². The second-order valence-electron chi connectivity index (χ2n) is 9.19. The molecule has 34 heavy (non-hydrogen) atoms. The largest absolute Gasteiger partial charge is 0.482 e. The van der Waals surface area contributed by atoms with E-state index in [1.54, 1.807) is 6.08 Å². The maximum Gasteiger partial charge on any atom is 0.247 e. The molecule has 9 heteroatoms. The first-order valence-corrected chi connectivity index (χ1v) is 13.2. The summed E-state index contributed by atoms with van der Waals surface area (Å²) in [5.41, 5.74) is 0.457. The molecule has 4 rings (SSSR count). The third-order valence-corrected chi connectivity index (χ3v) is 7.81. The zero-order valence-corrected chi connectivity index (χ0v) is 21.4. The van der Waals surface area contributed by atoms with E-state index in [9.17, 15) is 14.7 Å². The van der Waals surface area contributed by atoms with Crippen LogP contribution in [-0.2, 0) is 14.3 Å². The maximum absolute atomic E-state index is 13.7. The molecule has 1 heterocycles. The molecule has 8 nitrogen and oxygen atoms in total. The summed E-state index contributed by atoms with van der Waals surface area (Å²) in [6.45, 7) is 0.930. The van der Waals surface area contributed by atoms with Gasteiger partial charge in [0.05, 0.1) is 28.7 Å². The highest BCUT2D eigenvalue weighted by Crippen LogP contribution is 2.35. The first-order valence-electron chi connectivity index (χ1n) is 12.1. The van der Waals surface area contributed by atoms with Gasteiger partial charge in [-0.3, -0.25) is 9.59 Å². The summed E-state index contributed by atoms with van der Waals surface area (Å²) in [4.78, 5) is 28.4. The molecule has 3 N–H and O–H groups in total. The Balaban J connectivity index is 1.66. The Morgan fingerprint density at radius 3 is 2.65 bits per heavy atom. The van der Waals surface area contributed by atoms with Gasteiger partial charge in [-0.05, 0) is 60.1 Å². The summed E-state index contributed by atoms with van der Waals surface area (Å²) >= 11 is 2.17. The second kappa shape index (κ2) is 11.8. The van der Waals surface area contributed by atoms with Gasteiger partial charge in [-0.25, -0.2) is 0 Å². The van der Waals surface area contributed by atoms with Crippen molar-refractivity contribution in [3.05, 3.63) is 39.5 Å². The molecule has 0 aromatic heterocycles. The van der Waals surface area contributed by atoms with Crippen molar-refractivity contribution in [3.8, 4) is 5.75 Å². The minimum Gasteiger partial charge on any atom is -0.482 e. The Labute approximate surface area is 213 Å². The summed E-state index contributed by atoms with van der Waals surface area (Å²) < 4.78 is 12.6. The van der Waals surface area contributed by atoms with Gasteiger partial charge in [-0.1, -0.05) is 25.0 Å². The molecule has 186 valence electrons. The van der Waals surface area contributed by atoms with Crippen LogP contribution in [0.25, 0.3) is 0 Å². The number of nitrogens with one attached hydrogen (secondary N) is 1. The smallest absolute Gasteiger partial charge is 0.247 e. The number of nitrogens with zero attached hydrogens (tertiary/aromatic N) is 1. The average molecular weight is 584 g/mol. The van der Waals surface area contributed by atoms with E-state index < -0.39 is 18.2 Å². The molecule has 2 amide bonds. The molecule has 1 aliphatic heterocycles. The molecule has 0 spiro atoms. The quantitative estimate of drug-likeness (QED) is 0.404. The third-order valence-electron chi connectivity index (χ3n) is 6.92. The number of halogens is 1. The molecule has 1 saturated carbocycles. The minimum absolute atomic E-state index is 0.00138. The fourth-order valence-corrected chi connectivity index (χ4v) is 5.69. The minimum atomic E-state index is -0.989. The maximum atomic E-state index is 13.7. The van der Waals surface area contributed by atoms with Gasteiger partial charge >= 0.3 is 0 Å². The van der Waals surface area contributed by atoms with Crippen LogP contribution in [0.1, 0.15) is 38.5 Å². The van der Waals surface area contributed by atoms with Crippen LogP contribution in [0, 0.1) is 9.49 Å². The average Bonchev–Trinajstić information content (AvgIpc) is 3.56. The van der Waals surface area contributed by atoms with E-state index in [4.69, 9.17) is 14.6 Å². The van der Waals surface area contributed by atoms with Crippen LogP contribution >= 0.6 is 22.6 Å². The number of hydrogen-bond donors (Lipinski definition) is 3. The van der Waals surface area contributed by atoms with Crippen LogP contribution < -0.4 is 10.1 Å². The Morgan fingerprint density at radius 2 is 1.97 bits per heavy atom. The number of aliphatic hydroxyl groups is 2. The van der Waals surface area contributed by atoms with Crippen molar-refractivity contribution >= 4 is 34.4 Å². The number of benzene rings is 1. The lowest BCUT2D eigenvalue weighted by Crippen LogP contribution is -2.58. The van der Waals surface area contributed by atoms with Crippen molar-refractivity contribution in [3.63, 3.8) is 0 Å². The number of aliphatic hydroxyl groups excluding tert-OH is 2. The van der Waals surface area contributed by atoms with Crippen LogP contribution in [0.4, 0.5) is 0 Å². The molecule has 2 aliphatic carbocycles. The Bertz CT molecular complexity index is 897. The zero-order chi connectivity index (χ0) is 24.1. The van der Waals surface area contributed by atoms with Crippen LogP contribution in [-0.4, -0.2) is 77.6 Å². The summed E-state index contributed by atoms with van der Waals surface area (Å²) in [6, 6.07) is 6.95. The molecule has 4 atom stereocenters. The van der Waals surface area contributed by atoms with E-state index >= 15 is 0 Å². The lowest BCUT2D eigenvalue weighted by Gasteiger charge is -2.44. The van der Waals surface area contributed by atoms with Gasteiger partial charge in [-0.2, -0.15) is 0 Å². The number of carbonyl (C=O) groups is 2. The van der Waals surface area contributed by atoms with Gasteiger partial charge in [0, 0.05) is 31.2 Å². The normalized spacial score (nSPS) is 27.3. The number of carbonyl (C=O) groups excluding carboxylic acids is 2. The highest BCUT2D eigenvalue weighted by atomic mass is 127. The molecule has 1 aromatic rings. The summed E-state index contributed by atoms with van der Waals surface area (Å²) in [5.74, 6) is 0.0748. The number of amides is 2. The Kier molecular flexibility index (Phi) is 8.84. The van der Waals surface area contributed by atoms with Crippen molar-refractivity contribution in [2.24, 2.45) is 5.92 Å². The van der Waals surface area contributed by atoms with Gasteiger partial charge in [-0.15, -0.1) is 0 Å². The highest BCUT2D eigenvalue weighted by Gasteiger charge is 2.45. The van der Waals surface area contributed by atoms with E-state index in [2.05, 4.69) is 27.9 Å². The lowest BCUT2D eigenvalue weighted by molar-refractivity contribution is -0.146. The number of ether oxygens (including phenoxy) is 2. The fourth-order valence-electron chi connectivity index (χ4n) is 5.17. The molecule has 1 unspecified atom stereocenters. The molecule has 1 saturated heterocycles. The molecular weight excluding hydrogens is 551 g/mol. The first kappa shape index (κ1) is 25.4. The number of rotatable bonds is 8. The second-order valence-corrected chi connectivity index (χ2v) is 10.4. The fraction of sp³-hybridized carbons (Fsp3) is 0.600.